The third-order valence-electron chi connectivity index (χ3n) is 4.57. The standard InChI is InChI=1S/C21H31N5O2.HI/c1-3-22-21(25-17(2)15-28-19-9-12-27-16-19)24-13-20-23-10-11-26(20)14-18-7-5-4-6-8-18;/h4-8,10-11,17,19H,3,9,12-16H2,1-2H3,(H2,22,24,25);1H. The van der Waals surface area contributed by atoms with Gasteiger partial charge in [-0.05, 0) is 25.8 Å². The third-order valence-corrected chi connectivity index (χ3v) is 4.57. The van der Waals surface area contributed by atoms with Crippen LogP contribution in [0.25, 0.3) is 0 Å². The molecule has 7 nitrogen and oxygen atoms in total. The van der Waals surface area contributed by atoms with Crippen LogP contribution in [0, 0.1) is 0 Å². The Labute approximate surface area is 190 Å². The van der Waals surface area contributed by atoms with E-state index in [-0.39, 0.29) is 36.1 Å². The summed E-state index contributed by atoms with van der Waals surface area (Å²) in [4.78, 5) is 9.18. The summed E-state index contributed by atoms with van der Waals surface area (Å²) in [6.07, 6.45) is 5.02. The second kappa shape index (κ2) is 12.8. The maximum Gasteiger partial charge on any atom is 0.191 e. The average Bonchev–Trinajstić information content (AvgIpc) is 3.37. The smallest absolute Gasteiger partial charge is 0.191 e. The molecule has 8 heteroatoms. The number of aromatic nitrogens is 2. The number of rotatable bonds is 9. The number of nitrogens with one attached hydrogen (secondary N) is 2. The number of aliphatic imine (C=N–C) groups is 1. The molecule has 1 fully saturated rings. The van der Waals surface area contributed by atoms with Crippen LogP contribution >= 0.6 is 24.0 Å². The summed E-state index contributed by atoms with van der Waals surface area (Å²) in [7, 11) is 0. The third kappa shape index (κ3) is 7.94. The first-order chi connectivity index (χ1) is 13.7. The van der Waals surface area contributed by atoms with Crippen molar-refractivity contribution in [2.24, 2.45) is 4.99 Å². The van der Waals surface area contributed by atoms with Gasteiger partial charge in [0.1, 0.15) is 12.4 Å². The molecule has 1 aliphatic heterocycles. The molecule has 2 heterocycles. The van der Waals surface area contributed by atoms with Crippen molar-refractivity contribution < 1.29 is 9.47 Å². The average molecular weight is 513 g/mol. The molecular weight excluding hydrogens is 481 g/mol. The fourth-order valence-electron chi connectivity index (χ4n) is 3.09. The number of hydrogen-bond acceptors (Lipinski definition) is 4. The molecule has 1 aliphatic rings. The highest BCUT2D eigenvalue weighted by Gasteiger charge is 2.17. The lowest BCUT2D eigenvalue weighted by atomic mass is 10.2. The van der Waals surface area contributed by atoms with Gasteiger partial charge in [0, 0.05) is 38.1 Å². The van der Waals surface area contributed by atoms with Gasteiger partial charge < -0.3 is 24.7 Å². The minimum Gasteiger partial charge on any atom is -0.379 e. The molecular formula is C21H32IN5O2. The molecule has 0 amide bonds. The Hall–Kier alpha value is -1.65. The molecule has 0 saturated carbocycles. The molecule has 160 valence electrons. The SMILES string of the molecule is CCNC(=NCc1nccn1Cc1ccccc1)NC(C)COC1CCOC1.I. The lowest BCUT2D eigenvalue weighted by Crippen LogP contribution is -2.44. The fourth-order valence-corrected chi connectivity index (χ4v) is 3.09. The van der Waals surface area contributed by atoms with Crippen molar-refractivity contribution in [3.63, 3.8) is 0 Å². The molecule has 0 bridgehead atoms. The van der Waals surface area contributed by atoms with Gasteiger partial charge in [0.05, 0.1) is 19.3 Å². The molecule has 1 saturated heterocycles. The minimum absolute atomic E-state index is 0. The van der Waals surface area contributed by atoms with Gasteiger partial charge in [-0.15, -0.1) is 24.0 Å². The van der Waals surface area contributed by atoms with E-state index in [4.69, 9.17) is 14.5 Å². The number of halogens is 1. The number of guanidine groups is 1. The van der Waals surface area contributed by atoms with Crippen LogP contribution in [0.15, 0.2) is 47.7 Å². The molecule has 2 unspecified atom stereocenters. The summed E-state index contributed by atoms with van der Waals surface area (Å²) < 4.78 is 13.4. The Morgan fingerprint density at radius 1 is 1.38 bits per heavy atom. The largest absolute Gasteiger partial charge is 0.379 e. The van der Waals surface area contributed by atoms with E-state index in [1.54, 1.807) is 0 Å². The summed E-state index contributed by atoms with van der Waals surface area (Å²) in [5, 5.41) is 6.70. The Morgan fingerprint density at radius 2 is 2.21 bits per heavy atom. The molecule has 2 atom stereocenters. The van der Waals surface area contributed by atoms with Crippen molar-refractivity contribution in [3.05, 3.63) is 54.1 Å². The highest BCUT2D eigenvalue weighted by molar-refractivity contribution is 14.0. The Balaban J connectivity index is 0.00000300. The molecule has 0 aliphatic carbocycles. The lowest BCUT2D eigenvalue weighted by Gasteiger charge is -2.19. The van der Waals surface area contributed by atoms with Crippen LogP contribution in [-0.4, -0.2) is 54.0 Å². The van der Waals surface area contributed by atoms with E-state index in [0.717, 1.165) is 37.9 Å². The number of ether oxygens (including phenoxy) is 2. The van der Waals surface area contributed by atoms with Crippen LogP contribution in [0.2, 0.25) is 0 Å². The minimum atomic E-state index is 0. The van der Waals surface area contributed by atoms with Crippen LogP contribution in [0.3, 0.4) is 0 Å². The van der Waals surface area contributed by atoms with E-state index in [1.807, 2.05) is 18.5 Å². The summed E-state index contributed by atoms with van der Waals surface area (Å²) in [5.74, 6) is 1.71. The number of nitrogens with zero attached hydrogens (tertiary/aromatic N) is 3. The molecule has 29 heavy (non-hydrogen) atoms. The highest BCUT2D eigenvalue weighted by atomic mass is 127. The van der Waals surface area contributed by atoms with Crippen molar-refractivity contribution in [2.45, 2.75) is 45.5 Å². The number of hydrogen-bond donors (Lipinski definition) is 2. The van der Waals surface area contributed by atoms with Crippen molar-refractivity contribution in [3.8, 4) is 0 Å². The van der Waals surface area contributed by atoms with E-state index in [1.165, 1.54) is 5.56 Å². The number of imidazole rings is 1. The van der Waals surface area contributed by atoms with Crippen molar-refractivity contribution in [2.75, 3.05) is 26.4 Å². The molecule has 0 radical (unpaired) electrons. The molecule has 2 N–H and O–H groups in total. The maximum atomic E-state index is 5.89. The van der Waals surface area contributed by atoms with E-state index in [0.29, 0.717) is 19.8 Å². The summed E-state index contributed by atoms with van der Waals surface area (Å²) >= 11 is 0. The van der Waals surface area contributed by atoms with Gasteiger partial charge in [-0.3, -0.25) is 0 Å². The van der Waals surface area contributed by atoms with Crippen LogP contribution < -0.4 is 10.6 Å². The van der Waals surface area contributed by atoms with E-state index in [2.05, 4.69) is 58.3 Å². The van der Waals surface area contributed by atoms with Gasteiger partial charge in [0.25, 0.3) is 0 Å². The summed E-state index contributed by atoms with van der Waals surface area (Å²) in [6, 6.07) is 10.5. The van der Waals surface area contributed by atoms with Crippen LogP contribution in [0.1, 0.15) is 31.7 Å². The van der Waals surface area contributed by atoms with Crippen molar-refractivity contribution in [1.29, 1.82) is 0 Å². The highest BCUT2D eigenvalue weighted by Crippen LogP contribution is 2.09. The topological polar surface area (TPSA) is 72.7 Å². The zero-order valence-corrected chi connectivity index (χ0v) is 19.5. The molecule has 3 rings (SSSR count). The van der Waals surface area contributed by atoms with Gasteiger partial charge in [-0.1, -0.05) is 30.3 Å². The van der Waals surface area contributed by atoms with Crippen LogP contribution in [-0.2, 0) is 22.6 Å². The second-order valence-electron chi connectivity index (χ2n) is 7.02. The zero-order chi connectivity index (χ0) is 19.6. The molecule has 1 aromatic heterocycles. The normalized spacial score (nSPS) is 17.6. The van der Waals surface area contributed by atoms with Gasteiger partial charge in [0.2, 0.25) is 0 Å². The summed E-state index contributed by atoms with van der Waals surface area (Å²) in [6.45, 7) is 8.39. The van der Waals surface area contributed by atoms with E-state index < -0.39 is 0 Å². The Morgan fingerprint density at radius 3 is 2.93 bits per heavy atom. The molecule has 0 spiro atoms. The van der Waals surface area contributed by atoms with Crippen LogP contribution in [0.4, 0.5) is 0 Å². The quantitative estimate of drug-likeness (QED) is 0.307. The number of benzene rings is 1. The Kier molecular flexibility index (Phi) is 10.4. The predicted octanol–water partition coefficient (Wildman–Crippen LogP) is 2.80. The molecule has 2 aromatic rings. The van der Waals surface area contributed by atoms with Gasteiger partial charge in [-0.2, -0.15) is 0 Å². The molecule has 1 aromatic carbocycles. The van der Waals surface area contributed by atoms with Gasteiger partial charge >= 0.3 is 0 Å². The van der Waals surface area contributed by atoms with Gasteiger partial charge in [-0.25, -0.2) is 9.98 Å². The van der Waals surface area contributed by atoms with Crippen molar-refractivity contribution >= 4 is 29.9 Å². The first-order valence-electron chi connectivity index (χ1n) is 10.0. The van der Waals surface area contributed by atoms with Crippen LogP contribution in [0.5, 0.6) is 0 Å². The predicted molar refractivity (Wildman–Crippen MR) is 126 cm³/mol. The van der Waals surface area contributed by atoms with E-state index in [9.17, 15) is 0 Å². The fraction of sp³-hybridized carbons (Fsp3) is 0.524. The van der Waals surface area contributed by atoms with Gasteiger partial charge in [0.15, 0.2) is 5.96 Å². The van der Waals surface area contributed by atoms with E-state index >= 15 is 0 Å². The second-order valence-corrected chi connectivity index (χ2v) is 7.02. The van der Waals surface area contributed by atoms with Crippen molar-refractivity contribution in [1.82, 2.24) is 20.2 Å². The monoisotopic (exact) mass is 513 g/mol. The zero-order valence-electron chi connectivity index (χ0n) is 17.2. The maximum absolute atomic E-state index is 5.89. The Bertz CT molecular complexity index is 732. The first-order valence-corrected chi connectivity index (χ1v) is 10.0. The lowest BCUT2D eigenvalue weighted by molar-refractivity contribution is 0.0347. The first kappa shape index (κ1) is 23.6. The summed E-state index contributed by atoms with van der Waals surface area (Å²) in [5.41, 5.74) is 1.25.